The smallest absolute Gasteiger partial charge is 0.220 e. The SMILES string of the molecule is CCNC(=NCCCC(=O)NC1CC1)NC(C)c1ccccc1Br. The quantitative estimate of drug-likeness (QED) is 0.360. The van der Waals surface area contributed by atoms with Gasteiger partial charge in [0.25, 0.3) is 0 Å². The number of nitrogens with one attached hydrogen (secondary N) is 3. The van der Waals surface area contributed by atoms with E-state index in [1.54, 1.807) is 0 Å². The fourth-order valence-corrected chi connectivity index (χ4v) is 3.02. The molecule has 1 saturated carbocycles. The van der Waals surface area contributed by atoms with Crippen LogP contribution in [0.25, 0.3) is 0 Å². The normalized spacial score (nSPS) is 15.7. The first-order chi connectivity index (χ1) is 11.6. The zero-order valence-corrected chi connectivity index (χ0v) is 16.0. The Labute approximate surface area is 152 Å². The number of hydrogen-bond donors (Lipinski definition) is 3. The van der Waals surface area contributed by atoms with E-state index >= 15 is 0 Å². The van der Waals surface area contributed by atoms with Crippen LogP contribution in [0.15, 0.2) is 33.7 Å². The third-order valence-electron chi connectivity index (χ3n) is 3.84. The Kier molecular flexibility index (Phi) is 7.56. The molecular formula is C18H27BrN4O. The van der Waals surface area contributed by atoms with E-state index in [1.165, 1.54) is 5.56 Å². The zero-order valence-electron chi connectivity index (χ0n) is 14.4. The third-order valence-corrected chi connectivity index (χ3v) is 4.57. The van der Waals surface area contributed by atoms with E-state index in [0.29, 0.717) is 19.0 Å². The summed E-state index contributed by atoms with van der Waals surface area (Å²) in [6.07, 6.45) is 3.56. The summed E-state index contributed by atoms with van der Waals surface area (Å²) in [5, 5.41) is 9.67. The minimum absolute atomic E-state index is 0.136. The Balaban J connectivity index is 1.81. The van der Waals surface area contributed by atoms with Crippen molar-refractivity contribution in [3.63, 3.8) is 0 Å². The molecule has 0 aromatic heterocycles. The molecule has 1 aromatic rings. The van der Waals surface area contributed by atoms with E-state index in [-0.39, 0.29) is 11.9 Å². The van der Waals surface area contributed by atoms with Crippen molar-refractivity contribution in [2.75, 3.05) is 13.1 Å². The van der Waals surface area contributed by atoms with Crippen LogP contribution in [-0.4, -0.2) is 31.0 Å². The zero-order chi connectivity index (χ0) is 17.4. The van der Waals surface area contributed by atoms with Crippen molar-refractivity contribution in [2.45, 2.75) is 51.6 Å². The van der Waals surface area contributed by atoms with Crippen LogP contribution >= 0.6 is 15.9 Å². The van der Waals surface area contributed by atoms with Crippen LogP contribution in [0.4, 0.5) is 0 Å². The topological polar surface area (TPSA) is 65.5 Å². The second-order valence-electron chi connectivity index (χ2n) is 6.09. The summed E-state index contributed by atoms with van der Waals surface area (Å²) in [7, 11) is 0. The van der Waals surface area contributed by atoms with Gasteiger partial charge in [0.1, 0.15) is 0 Å². The van der Waals surface area contributed by atoms with Gasteiger partial charge < -0.3 is 16.0 Å². The number of halogens is 1. The van der Waals surface area contributed by atoms with Crippen molar-refractivity contribution in [1.82, 2.24) is 16.0 Å². The minimum Gasteiger partial charge on any atom is -0.357 e. The molecule has 1 aliphatic carbocycles. The number of guanidine groups is 1. The molecule has 6 heteroatoms. The lowest BCUT2D eigenvalue weighted by molar-refractivity contribution is -0.121. The molecule has 1 aliphatic rings. The number of amides is 1. The van der Waals surface area contributed by atoms with Gasteiger partial charge in [0.05, 0.1) is 6.04 Å². The standard InChI is InChI=1S/C18H27BrN4O/c1-3-20-18(21-12-6-9-17(24)23-14-10-11-14)22-13(2)15-7-4-5-8-16(15)19/h4-5,7-8,13-14H,3,6,9-12H2,1-2H3,(H,23,24)(H2,20,21,22). The van der Waals surface area contributed by atoms with Gasteiger partial charge in [-0.05, 0) is 44.7 Å². The molecule has 0 saturated heterocycles. The van der Waals surface area contributed by atoms with Crippen molar-refractivity contribution < 1.29 is 4.79 Å². The van der Waals surface area contributed by atoms with Crippen LogP contribution in [-0.2, 0) is 4.79 Å². The molecule has 3 N–H and O–H groups in total. The van der Waals surface area contributed by atoms with Crippen LogP contribution < -0.4 is 16.0 Å². The largest absolute Gasteiger partial charge is 0.357 e. The van der Waals surface area contributed by atoms with E-state index in [2.05, 4.69) is 49.9 Å². The highest BCUT2D eigenvalue weighted by Crippen LogP contribution is 2.22. The van der Waals surface area contributed by atoms with Crippen molar-refractivity contribution in [3.05, 3.63) is 34.3 Å². The Hall–Kier alpha value is -1.56. The number of benzene rings is 1. The average Bonchev–Trinajstić information content (AvgIpc) is 3.36. The molecule has 1 atom stereocenters. The summed E-state index contributed by atoms with van der Waals surface area (Å²) < 4.78 is 1.08. The average molecular weight is 395 g/mol. The first kappa shape index (κ1) is 18.8. The van der Waals surface area contributed by atoms with Gasteiger partial charge in [0.15, 0.2) is 5.96 Å². The number of hydrogen-bond acceptors (Lipinski definition) is 2. The highest BCUT2D eigenvalue weighted by atomic mass is 79.9. The van der Waals surface area contributed by atoms with Gasteiger partial charge in [-0.2, -0.15) is 0 Å². The van der Waals surface area contributed by atoms with E-state index < -0.39 is 0 Å². The highest BCUT2D eigenvalue weighted by Gasteiger charge is 2.22. The van der Waals surface area contributed by atoms with Gasteiger partial charge >= 0.3 is 0 Å². The Morgan fingerprint density at radius 3 is 2.79 bits per heavy atom. The summed E-state index contributed by atoms with van der Waals surface area (Å²) in [5.74, 6) is 0.926. The molecule has 0 radical (unpaired) electrons. The number of carbonyl (C=O) groups excluding carboxylic acids is 1. The molecule has 24 heavy (non-hydrogen) atoms. The van der Waals surface area contributed by atoms with Gasteiger partial charge in [-0.1, -0.05) is 34.1 Å². The molecule has 0 aliphatic heterocycles. The predicted octanol–water partition coefficient (Wildman–Crippen LogP) is 3.12. The van der Waals surface area contributed by atoms with Gasteiger partial charge in [0.2, 0.25) is 5.91 Å². The summed E-state index contributed by atoms with van der Waals surface area (Å²) in [6.45, 7) is 5.59. The van der Waals surface area contributed by atoms with Crippen LogP contribution in [0.3, 0.4) is 0 Å². The van der Waals surface area contributed by atoms with Gasteiger partial charge in [0, 0.05) is 30.0 Å². The predicted molar refractivity (Wildman–Crippen MR) is 102 cm³/mol. The van der Waals surface area contributed by atoms with Crippen LogP contribution in [0.2, 0.25) is 0 Å². The lowest BCUT2D eigenvalue weighted by Gasteiger charge is -2.19. The molecule has 0 bridgehead atoms. The molecule has 2 rings (SSSR count). The van der Waals surface area contributed by atoms with Crippen LogP contribution in [0.1, 0.15) is 51.1 Å². The van der Waals surface area contributed by atoms with Crippen molar-refractivity contribution in [2.24, 2.45) is 4.99 Å². The third kappa shape index (κ3) is 6.51. The number of aliphatic imine (C=N–C) groups is 1. The molecule has 0 spiro atoms. The molecule has 5 nitrogen and oxygen atoms in total. The lowest BCUT2D eigenvalue weighted by Crippen LogP contribution is -2.39. The van der Waals surface area contributed by atoms with Gasteiger partial charge in [-0.3, -0.25) is 9.79 Å². The van der Waals surface area contributed by atoms with Crippen molar-refractivity contribution >= 4 is 27.8 Å². The Morgan fingerprint density at radius 2 is 2.12 bits per heavy atom. The number of rotatable bonds is 8. The summed E-state index contributed by atoms with van der Waals surface area (Å²) in [6, 6.07) is 8.73. The van der Waals surface area contributed by atoms with E-state index in [4.69, 9.17) is 0 Å². The second kappa shape index (κ2) is 9.67. The maximum atomic E-state index is 11.7. The first-order valence-corrected chi connectivity index (χ1v) is 9.48. The van der Waals surface area contributed by atoms with E-state index in [1.807, 2.05) is 25.1 Å². The molecular weight excluding hydrogens is 368 g/mol. The molecule has 1 fully saturated rings. The van der Waals surface area contributed by atoms with Gasteiger partial charge in [-0.15, -0.1) is 0 Å². The number of nitrogens with zero attached hydrogens (tertiary/aromatic N) is 1. The van der Waals surface area contributed by atoms with Crippen molar-refractivity contribution in [3.8, 4) is 0 Å². The maximum Gasteiger partial charge on any atom is 0.220 e. The van der Waals surface area contributed by atoms with Crippen LogP contribution in [0.5, 0.6) is 0 Å². The fraction of sp³-hybridized carbons (Fsp3) is 0.556. The second-order valence-corrected chi connectivity index (χ2v) is 6.95. The van der Waals surface area contributed by atoms with E-state index in [0.717, 1.165) is 36.2 Å². The highest BCUT2D eigenvalue weighted by molar-refractivity contribution is 9.10. The molecule has 1 unspecified atom stereocenters. The van der Waals surface area contributed by atoms with Gasteiger partial charge in [-0.25, -0.2) is 0 Å². The van der Waals surface area contributed by atoms with Crippen LogP contribution in [0, 0.1) is 0 Å². The lowest BCUT2D eigenvalue weighted by atomic mass is 10.1. The number of carbonyl (C=O) groups is 1. The maximum absolute atomic E-state index is 11.7. The summed E-state index contributed by atoms with van der Waals surface area (Å²) in [4.78, 5) is 16.2. The molecule has 1 amide bonds. The monoisotopic (exact) mass is 394 g/mol. The van der Waals surface area contributed by atoms with Crippen molar-refractivity contribution in [1.29, 1.82) is 0 Å². The minimum atomic E-state index is 0.136. The molecule has 132 valence electrons. The Morgan fingerprint density at radius 1 is 1.38 bits per heavy atom. The van der Waals surface area contributed by atoms with E-state index in [9.17, 15) is 4.79 Å². The first-order valence-electron chi connectivity index (χ1n) is 8.68. The summed E-state index contributed by atoms with van der Waals surface area (Å²) >= 11 is 3.59. The summed E-state index contributed by atoms with van der Waals surface area (Å²) in [5.41, 5.74) is 1.19. The Bertz CT molecular complexity index is 572. The molecule has 1 aromatic carbocycles. The fourth-order valence-electron chi connectivity index (χ4n) is 2.39. The molecule has 0 heterocycles.